The third-order valence-corrected chi connectivity index (χ3v) is 14.7. The second-order valence-corrected chi connectivity index (χ2v) is 18.9. The van der Waals surface area contributed by atoms with E-state index in [-0.39, 0.29) is 0 Å². The Balaban J connectivity index is 1.08. The van der Waals surface area contributed by atoms with Crippen LogP contribution in [0.4, 0.5) is 34.1 Å². The van der Waals surface area contributed by atoms with E-state index < -0.39 is 0 Å². The van der Waals surface area contributed by atoms with Crippen LogP contribution in [-0.4, -0.2) is 9.97 Å². The van der Waals surface area contributed by atoms with E-state index >= 15 is 0 Å². The van der Waals surface area contributed by atoms with E-state index in [1.54, 1.807) is 0 Å². The van der Waals surface area contributed by atoms with Gasteiger partial charge in [0.2, 0.25) is 0 Å². The summed E-state index contributed by atoms with van der Waals surface area (Å²) in [6.45, 7) is 0. The summed E-state index contributed by atoms with van der Waals surface area (Å²) in [7, 11) is 0. The third-order valence-electron chi connectivity index (χ3n) is 13.5. The number of pyridine rings is 2. The summed E-state index contributed by atoms with van der Waals surface area (Å²) < 4.78 is 2.33. The highest BCUT2D eigenvalue weighted by molar-refractivity contribution is 7.27. The van der Waals surface area contributed by atoms with Crippen LogP contribution in [0.2, 0.25) is 0 Å². The lowest BCUT2D eigenvalue weighted by molar-refractivity contribution is 1.29. The van der Waals surface area contributed by atoms with Gasteiger partial charge in [-0.25, -0.2) is 0 Å². The van der Waals surface area contributed by atoms with E-state index in [1.807, 2.05) is 29.9 Å². The van der Waals surface area contributed by atoms with Gasteiger partial charge in [0.05, 0.1) is 16.9 Å². The maximum Gasteiger partial charge on any atom is 0.0816 e. The van der Waals surface area contributed by atoms with Crippen LogP contribution < -0.4 is 9.80 Å². The highest BCUT2D eigenvalue weighted by atomic mass is 32.1. The van der Waals surface area contributed by atoms with E-state index in [0.717, 1.165) is 116 Å². The Labute approximate surface area is 416 Å². The number of thiophene rings is 1. The lowest BCUT2D eigenvalue weighted by Gasteiger charge is -2.28. The fraction of sp³-hybridized carbons (Fsp3) is 0. The molecule has 0 spiro atoms. The standard InChI is InChI=1S/C66H44N4S/c1-7-20-45(21-8-1)49-36-50(46-22-9-2-10-23-46)39-55(38-49)69(53-28-15-5-16-29-53)61-42-59-64-63(71-66(59)60-44-67-35-33-57(60)61)43-62(58-32-19-34-68-65(58)64)70(54-30-17-6-18-31-54)56-40-51(47-24-11-3-12-25-47)37-52(41-56)48-26-13-4-14-27-48/h1-44H. The fourth-order valence-corrected chi connectivity index (χ4v) is 11.5. The van der Waals surface area contributed by atoms with Crippen molar-refractivity contribution >= 4 is 87.3 Å². The van der Waals surface area contributed by atoms with Crippen LogP contribution in [0.3, 0.4) is 0 Å². The molecule has 0 aliphatic heterocycles. The molecule has 13 rings (SSSR count). The molecule has 0 saturated carbocycles. The summed E-state index contributed by atoms with van der Waals surface area (Å²) in [6, 6.07) is 89.4. The molecule has 0 N–H and O–H groups in total. The van der Waals surface area contributed by atoms with Crippen LogP contribution in [0.5, 0.6) is 0 Å². The van der Waals surface area contributed by atoms with Gasteiger partial charge in [0.15, 0.2) is 0 Å². The normalized spacial score (nSPS) is 11.4. The summed E-state index contributed by atoms with van der Waals surface area (Å²) in [5.74, 6) is 0. The van der Waals surface area contributed by atoms with Gasteiger partial charge in [0.25, 0.3) is 0 Å². The van der Waals surface area contributed by atoms with Gasteiger partial charge in [-0.15, -0.1) is 11.3 Å². The molecular formula is C66H44N4S. The van der Waals surface area contributed by atoms with E-state index in [4.69, 9.17) is 9.97 Å². The first-order valence-electron chi connectivity index (χ1n) is 23.9. The maximum atomic E-state index is 5.30. The van der Waals surface area contributed by atoms with Crippen LogP contribution in [0.1, 0.15) is 0 Å². The molecule has 0 unspecified atom stereocenters. The zero-order valence-electron chi connectivity index (χ0n) is 38.6. The van der Waals surface area contributed by atoms with Crippen molar-refractivity contribution < 1.29 is 0 Å². The smallest absolute Gasteiger partial charge is 0.0816 e. The lowest BCUT2D eigenvalue weighted by atomic mass is 9.96. The minimum Gasteiger partial charge on any atom is -0.310 e. The Bertz CT molecular complexity index is 3920. The van der Waals surface area contributed by atoms with E-state index in [0.29, 0.717) is 0 Å². The number of fused-ring (bicyclic) bond motifs is 7. The fourth-order valence-electron chi connectivity index (χ4n) is 10.2. The molecule has 0 saturated heterocycles. The highest BCUT2D eigenvalue weighted by Gasteiger charge is 2.25. The summed E-state index contributed by atoms with van der Waals surface area (Å²) in [5.41, 5.74) is 16.5. The van der Waals surface area contributed by atoms with Crippen molar-refractivity contribution in [3.05, 3.63) is 267 Å². The van der Waals surface area contributed by atoms with Gasteiger partial charge in [-0.3, -0.25) is 9.97 Å². The van der Waals surface area contributed by atoms with Crippen molar-refractivity contribution in [2.75, 3.05) is 9.80 Å². The second-order valence-electron chi connectivity index (χ2n) is 17.8. The Kier molecular flexibility index (Phi) is 10.7. The Morgan fingerprint density at radius 2 is 0.746 bits per heavy atom. The summed E-state index contributed by atoms with van der Waals surface area (Å²) in [6.07, 6.45) is 5.90. The summed E-state index contributed by atoms with van der Waals surface area (Å²) in [5, 5.41) is 5.54. The predicted molar refractivity (Wildman–Crippen MR) is 301 cm³/mol. The van der Waals surface area contributed by atoms with E-state index in [2.05, 4.69) is 259 Å². The number of hydrogen-bond donors (Lipinski definition) is 0. The molecule has 13 aromatic rings. The van der Waals surface area contributed by atoms with Crippen molar-refractivity contribution in [3.8, 4) is 44.5 Å². The van der Waals surface area contributed by atoms with Crippen LogP contribution in [-0.2, 0) is 0 Å². The largest absolute Gasteiger partial charge is 0.310 e. The average Bonchev–Trinajstić information content (AvgIpc) is 3.84. The molecular weight excluding hydrogens is 881 g/mol. The second kappa shape index (κ2) is 18.1. The predicted octanol–water partition coefficient (Wildman–Crippen LogP) is 18.8. The van der Waals surface area contributed by atoms with Crippen molar-refractivity contribution in [2.45, 2.75) is 0 Å². The van der Waals surface area contributed by atoms with Gasteiger partial charge in [-0.05, 0) is 136 Å². The molecule has 3 heterocycles. The molecule has 0 bridgehead atoms. The third kappa shape index (κ3) is 7.75. The number of aromatic nitrogens is 2. The molecule has 71 heavy (non-hydrogen) atoms. The molecule has 0 aliphatic carbocycles. The molecule has 0 fully saturated rings. The van der Waals surface area contributed by atoms with E-state index in [9.17, 15) is 0 Å². The number of rotatable bonds is 10. The van der Waals surface area contributed by atoms with Crippen molar-refractivity contribution in [3.63, 3.8) is 0 Å². The van der Waals surface area contributed by atoms with Crippen LogP contribution >= 0.6 is 11.3 Å². The van der Waals surface area contributed by atoms with Gasteiger partial charge in [-0.2, -0.15) is 0 Å². The van der Waals surface area contributed by atoms with Crippen LogP contribution in [0.15, 0.2) is 267 Å². The topological polar surface area (TPSA) is 32.3 Å². The molecule has 0 aliphatic rings. The Morgan fingerprint density at radius 3 is 1.21 bits per heavy atom. The van der Waals surface area contributed by atoms with Gasteiger partial charge in [0, 0.05) is 77.7 Å². The molecule has 3 aromatic heterocycles. The Hall–Kier alpha value is -9.16. The molecule has 0 amide bonds. The molecule has 334 valence electrons. The quantitative estimate of drug-likeness (QED) is 0.137. The molecule has 0 radical (unpaired) electrons. The Morgan fingerprint density at radius 1 is 0.310 bits per heavy atom. The van der Waals surface area contributed by atoms with E-state index in [1.165, 1.54) is 4.70 Å². The minimum absolute atomic E-state index is 0.951. The average molecular weight is 925 g/mol. The number of hydrogen-bond acceptors (Lipinski definition) is 5. The minimum atomic E-state index is 0.951. The maximum absolute atomic E-state index is 5.30. The molecule has 10 aromatic carbocycles. The van der Waals surface area contributed by atoms with Crippen LogP contribution in [0.25, 0.3) is 86.4 Å². The van der Waals surface area contributed by atoms with Gasteiger partial charge >= 0.3 is 0 Å². The number of anilines is 6. The van der Waals surface area contributed by atoms with Crippen LogP contribution in [0, 0.1) is 0 Å². The first-order chi connectivity index (χ1) is 35.2. The highest BCUT2D eigenvalue weighted by Crippen LogP contribution is 2.51. The first kappa shape index (κ1) is 42.0. The molecule has 4 nitrogen and oxygen atoms in total. The van der Waals surface area contributed by atoms with Crippen molar-refractivity contribution in [2.24, 2.45) is 0 Å². The van der Waals surface area contributed by atoms with Gasteiger partial charge < -0.3 is 9.80 Å². The summed E-state index contributed by atoms with van der Waals surface area (Å²) in [4.78, 5) is 15.0. The molecule has 0 atom stereocenters. The number of para-hydroxylation sites is 2. The zero-order chi connectivity index (χ0) is 47.1. The zero-order valence-corrected chi connectivity index (χ0v) is 39.4. The number of nitrogens with zero attached hydrogens (tertiary/aromatic N) is 4. The first-order valence-corrected chi connectivity index (χ1v) is 24.8. The number of benzene rings is 10. The molecule has 5 heteroatoms. The van der Waals surface area contributed by atoms with Crippen molar-refractivity contribution in [1.29, 1.82) is 0 Å². The summed E-state index contributed by atoms with van der Waals surface area (Å²) >= 11 is 1.81. The lowest BCUT2D eigenvalue weighted by Crippen LogP contribution is -2.11. The van der Waals surface area contributed by atoms with Crippen molar-refractivity contribution in [1.82, 2.24) is 9.97 Å². The van der Waals surface area contributed by atoms with Gasteiger partial charge in [0.1, 0.15) is 0 Å². The monoisotopic (exact) mass is 924 g/mol. The SMILES string of the molecule is c1ccc(-c2cc(-c3ccccc3)cc(N(c3ccccc3)c3cc4c(sc5cc(N(c6ccccc6)c6cc(-c7ccccc7)cc(-c7ccccc7)c6)c6cccnc6c54)c4cnccc34)c2)cc1. The van der Waals surface area contributed by atoms with Gasteiger partial charge in [-0.1, -0.05) is 158 Å².